The van der Waals surface area contributed by atoms with Gasteiger partial charge in [0, 0.05) is 32.4 Å². The number of aliphatic hydroxyl groups excluding tert-OH is 1. The summed E-state index contributed by atoms with van der Waals surface area (Å²) in [5, 5.41) is 12.5. The average molecular weight is 264 g/mol. The smallest absolute Gasteiger partial charge is 0.0638 e. The van der Waals surface area contributed by atoms with Crippen molar-refractivity contribution in [3.05, 3.63) is 29.8 Å². The predicted molar refractivity (Wildman–Crippen MR) is 77.5 cm³/mol. The summed E-state index contributed by atoms with van der Waals surface area (Å²) < 4.78 is 5.04. The molecule has 0 bridgehead atoms. The van der Waals surface area contributed by atoms with Gasteiger partial charge in [0.25, 0.3) is 0 Å². The Kier molecular flexibility index (Phi) is 5.63. The van der Waals surface area contributed by atoms with Gasteiger partial charge in [-0.25, -0.2) is 0 Å². The van der Waals surface area contributed by atoms with E-state index in [-0.39, 0.29) is 12.6 Å². The number of rotatable bonds is 7. The molecule has 106 valence electrons. The number of hydrogen-bond acceptors (Lipinski definition) is 4. The molecule has 1 atom stereocenters. The van der Waals surface area contributed by atoms with Gasteiger partial charge in [0.2, 0.25) is 0 Å². The highest BCUT2D eigenvalue weighted by Crippen LogP contribution is 2.20. The Morgan fingerprint density at radius 3 is 2.53 bits per heavy atom. The lowest BCUT2D eigenvalue weighted by molar-refractivity contribution is 0.128. The highest BCUT2D eigenvalue weighted by Gasteiger charge is 2.12. The molecule has 0 saturated carbocycles. The lowest BCUT2D eigenvalue weighted by Gasteiger charge is -2.18. The van der Waals surface area contributed by atoms with Crippen molar-refractivity contribution >= 4 is 5.69 Å². The van der Waals surface area contributed by atoms with Crippen LogP contribution in [0.2, 0.25) is 0 Å². The summed E-state index contributed by atoms with van der Waals surface area (Å²) in [5.41, 5.74) is 2.55. The molecule has 1 aromatic rings. The molecular formula is C15H24N2O2. The van der Waals surface area contributed by atoms with Crippen molar-refractivity contribution in [2.75, 3.05) is 38.3 Å². The zero-order valence-electron chi connectivity index (χ0n) is 11.6. The van der Waals surface area contributed by atoms with Crippen molar-refractivity contribution in [1.82, 2.24) is 5.32 Å². The fourth-order valence-corrected chi connectivity index (χ4v) is 2.44. The van der Waals surface area contributed by atoms with Gasteiger partial charge in [0.15, 0.2) is 0 Å². The van der Waals surface area contributed by atoms with Crippen LogP contribution in [0.1, 0.15) is 18.4 Å². The molecule has 1 unspecified atom stereocenters. The van der Waals surface area contributed by atoms with Crippen molar-refractivity contribution in [3.63, 3.8) is 0 Å². The molecular weight excluding hydrogens is 240 g/mol. The monoisotopic (exact) mass is 264 g/mol. The standard InChI is InChI=1S/C15H24N2O2/c1-19-12-14(11-18)16-10-13-4-6-15(7-5-13)17-8-2-3-9-17/h4-7,14,16,18H,2-3,8-12H2,1H3. The normalized spacial score (nSPS) is 16.8. The van der Waals surface area contributed by atoms with E-state index in [0.717, 1.165) is 6.54 Å². The number of ether oxygens (including phenoxy) is 1. The van der Waals surface area contributed by atoms with Crippen molar-refractivity contribution in [3.8, 4) is 0 Å². The van der Waals surface area contributed by atoms with E-state index in [1.54, 1.807) is 7.11 Å². The minimum atomic E-state index is 0.00302. The largest absolute Gasteiger partial charge is 0.395 e. The summed E-state index contributed by atoms with van der Waals surface area (Å²) >= 11 is 0. The zero-order chi connectivity index (χ0) is 13.5. The third kappa shape index (κ3) is 4.20. The number of aliphatic hydroxyl groups is 1. The van der Waals surface area contributed by atoms with Gasteiger partial charge in [0.1, 0.15) is 0 Å². The summed E-state index contributed by atoms with van der Waals surface area (Å²) in [4.78, 5) is 2.43. The lowest BCUT2D eigenvalue weighted by atomic mass is 10.2. The minimum absolute atomic E-state index is 0.00302. The summed E-state index contributed by atoms with van der Waals surface area (Å²) in [5.74, 6) is 0. The number of nitrogens with one attached hydrogen (secondary N) is 1. The molecule has 0 aliphatic carbocycles. The molecule has 2 N–H and O–H groups in total. The fourth-order valence-electron chi connectivity index (χ4n) is 2.44. The maximum atomic E-state index is 9.17. The van der Waals surface area contributed by atoms with Crippen LogP contribution in [0.4, 0.5) is 5.69 Å². The molecule has 1 fully saturated rings. The van der Waals surface area contributed by atoms with Gasteiger partial charge in [-0.1, -0.05) is 12.1 Å². The van der Waals surface area contributed by atoms with Crippen molar-refractivity contribution < 1.29 is 9.84 Å². The second-order valence-corrected chi connectivity index (χ2v) is 5.08. The van der Waals surface area contributed by atoms with E-state index in [1.807, 2.05) is 0 Å². The van der Waals surface area contributed by atoms with Crippen LogP contribution in [0.25, 0.3) is 0 Å². The van der Waals surface area contributed by atoms with Crippen LogP contribution in [0, 0.1) is 0 Å². The average Bonchev–Trinajstić information content (AvgIpc) is 2.98. The van der Waals surface area contributed by atoms with Crippen LogP contribution < -0.4 is 10.2 Å². The maximum absolute atomic E-state index is 9.17. The second kappa shape index (κ2) is 7.48. The fraction of sp³-hybridized carbons (Fsp3) is 0.600. The Morgan fingerprint density at radius 1 is 1.26 bits per heavy atom. The first-order valence-electron chi connectivity index (χ1n) is 7.00. The molecule has 0 aromatic heterocycles. The summed E-state index contributed by atoms with van der Waals surface area (Å²) in [7, 11) is 1.65. The second-order valence-electron chi connectivity index (χ2n) is 5.08. The van der Waals surface area contributed by atoms with Crippen LogP contribution in [-0.4, -0.2) is 44.6 Å². The molecule has 4 heteroatoms. The van der Waals surface area contributed by atoms with Gasteiger partial charge in [-0.3, -0.25) is 0 Å². The molecule has 0 amide bonds. The van der Waals surface area contributed by atoms with Gasteiger partial charge in [-0.2, -0.15) is 0 Å². The number of methoxy groups -OCH3 is 1. The topological polar surface area (TPSA) is 44.7 Å². The van der Waals surface area contributed by atoms with E-state index >= 15 is 0 Å². The molecule has 1 aliphatic rings. The number of nitrogens with zero attached hydrogens (tertiary/aromatic N) is 1. The van der Waals surface area contributed by atoms with Crippen molar-refractivity contribution in [2.24, 2.45) is 0 Å². The molecule has 1 heterocycles. The van der Waals surface area contributed by atoms with E-state index in [4.69, 9.17) is 4.74 Å². The van der Waals surface area contributed by atoms with Gasteiger partial charge < -0.3 is 20.1 Å². The Hall–Kier alpha value is -1.10. The molecule has 2 rings (SSSR count). The number of hydrogen-bond donors (Lipinski definition) is 2. The van der Waals surface area contributed by atoms with Gasteiger partial charge in [-0.05, 0) is 30.5 Å². The zero-order valence-corrected chi connectivity index (χ0v) is 11.6. The lowest BCUT2D eigenvalue weighted by Crippen LogP contribution is -2.35. The maximum Gasteiger partial charge on any atom is 0.0638 e. The molecule has 1 aliphatic heterocycles. The molecule has 19 heavy (non-hydrogen) atoms. The first-order chi connectivity index (χ1) is 9.33. The van der Waals surface area contributed by atoms with E-state index in [1.165, 1.54) is 37.2 Å². The van der Waals surface area contributed by atoms with Crippen molar-refractivity contribution in [1.29, 1.82) is 0 Å². The molecule has 1 aromatic carbocycles. The number of anilines is 1. The first-order valence-corrected chi connectivity index (χ1v) is 7.00. The predicted octanol–water partition coefficient (Wildman–Crippen LogP) is 1.38. The van der Waals surface area contributed by atoms with E-state index < -0.39 is 0 Å². The van der Waals surface area contributed by atoms with Crippen LogP contribution >= 0.6 is 0 Å². The van der Waals surface area contributed by atoms with Crippen LogP contribution in [0.3, 0.4) is 0 Å². The van der Waals surface area contributed by atoms with Gasteiger partial charge >= 0.3 is 0 Å². The van der Waals surface area contributed by atoms with Crippen LogP contribution in [0.5, 0.6) is 0 Å². The Morgan fingerprint density at radius 2 is 1.95 bits per heavy atom. The SMILES string of the molecule is COCC(CO)NCc1ccc(N2CCCC2)cc1. The van der Waals surface area contributed by atoms with Crippen LogP contribution in [0.15, 0.2) is 24.3 Å². The van der Waals surface area contributed by atoms with Gasteiger partial charge in [0.05, 0.1) is 19.3 Å². The summed E-state index contributed by atoms with van der Waals surface area (Å²) in [6, 6.07) is 8.69. The Balaban J connectivity index is 1.84. The summed E-state index contributed by atoms with van der Waals surface area (Å²) in [6.07, 6.45) is 2.61. The molecule has 1 saturated heterocycles. The van der Waals surface area contributed by atoms with E-state index in [2.05, 4.69) is 34.5 Å². The molecule has 0 spiro atoms. The highest BCUT2D eigenvalue weighted by atomic mass is 16.5. The van der Waals surface area contributed by atoms with Gasteiger partial charge in [-0.15, -0.1) is 0 Å². The Labute approximate surface area is 115 Å². The molecule has 0 radical (unpaired) electrons. The van der Waals surface area contributed by atoms with E-state index in [0.29, 0.717) is 6.61 Å². The summed E-state index contributed by atoms with van der Waals surface area (Å²) in [6.45, 7) is 3.74. The molecule has 4 nitrogen and oxygen atoms in total. The third-order valence-corrected chi connectivity index (χ3v) is 3.59. The minimum Gasteiger partial charge on any atom is -0.395 e. The van der Waals surface area contributed by atoms with Crippen LogP contribution in [-0.2, 0) is 11.3 Å². The number of benzene rings is 1. The third-order valence-electron chi connectivity index (χ3n) is 3.59. The van der Waals surface area contributed by atoms with E-state index in [9.17, 15) is 5.11 Å². The van der Waals surface area contributed by atoms with Crippen molar-refractivity contribution in [2.45, 2.75) is 25.4 Å². The quantitative estimate of drug-likeness (QED) is 0.781. The first kappa shape index (κ1) is 14.3. The highest BCUT2D eigenvalue weighted by molar-refractivity contribution is 5.48. The Bertz CT molecular complexity index is 361.